The molecule has 6 heteroatoms. The molecule has 2 aromatic rings. The molecule has 0 saturated carbocycles. The van der Waals surface area contributed by atoms with Gasteiger partial charge in [-0.1, -0.05) is 46.3 Å². The Bertz CT molecular complexity index is 804. The number of hydrogen-bond acceptors (Lipinski definition) is 5. The molecule has 1 heterocycles. The Labute approximate surface area is 173 Å². The molecule has 0 amide bonds. The van der Waals surface area contributed by atoms with Crippen LogP contribution in [-0.4, -0.2) is 31.7 Å². The molecule has 1 fully saturated rings. The molecular formula is C22H24BrNO4. The molecule has 1 aliphatic heterocycles. The van der Waals surface area contributed by atoms with Gasteiger partial charge in [0.25, 0.3) is 0 Å². The van der Waals surface area contributed by atoms with Crippen LogP contribution in [-0.2, 0) is 19.1 Å². The van der Waals surface area contributed by atoms with E-state index in [9.17, 15) is 9.59 Å². The van der Waals surface area contributed by atoms with E-state index in [1.54, 1.807) is 13.8 Å². The summed E-state index contributed by atoms with van der Waals surface area (Å²) in [4.78, 5) is 28.4. The Morgan fingerprint density at radius 1 is 1.00 bits per heavy atom. The summed E-state index contributed by atoms with van der Waals surface area (Å²) in [6.45, 7) is 4.45. The third kappa shape index (κ3) is 3.65. The van der Waals surface area contributed by atoms with Crippen LogP contribution in [0.25, 0.3) is 0 Å². The average molecular weight is 446 g/mol. The van der Waals surface area contributed by atoms with Crippen LogP contribution in [0.4, 0.5) is 5.69 Å². The highest BCUT2D eigenvalue weighted by molar-refractivity contribution is 9.10. The van der Waals surface area contributed by atoms with Crippen molar-refractivity contribution in [3.8, 4) is 0 Å². The van der Waals surface area contributed by atoms with Crippen molar-refractivity contribution < 1.29 is 19.1 Å². The molecule has 2 aromatic carbocycles. The monoisotopic (exact) mass is 445 g/mol. The number of halogens is 1. The van der Waals surface area contributed by atoms with E-state index in [0.717, 1.165) is 15.7 Å². The minimum absolute atomic E-state index is 0.208. The van der Waals surface area contributed by atoms with Gasteiger partial charge in [-0.25, -0.2) is 0 Å². The first-order valence-electron chi connectivity index (χ1n) is 9.46. The molecule has 1 aliphatic rings. The molecule has 0 aromatic heterocycles. The van der Waals surface area contributed by atoms with Crippen molar-refractivity contribution in [3.05, 3.63) is 64.6 Å². The van der Waals surface area contributed by atoms with Gasteiger partial charge < -0.3 is 14.4 Å². The van der Waals surface area contributed by atoms with Crippen molar-refractivity contribution in [1.82, 2.24) is 0 Å². The summed E-state index contributed by atoms with van der Waals surface area (Å²) < 4.78 is 11.7. The highest BCUT2D eigenvalue weighted by atomic mass is 79.9. The van der Waals surface area contributed by atoms with Crippen molar-refractivity contribution in [2.75, 3.05) is 24.7 Å². The predicted molar refractivity (Wildman–Crippen MR) is 111 cm³/mol. The maximum atomic E-state index is 13.1. The first-order chi connectivity index (χ1) is 13.5. The van der Waals surface area contributed by atoms with Crippen LogP contribution >= 0.6 is 15.9 Å². The second-order valence-corrected chi connectivity index (χ2v) is 7.56. The Balaban J connectivity index is 2.15. The van der Waals surface area contributed by atoms with Gasteiger partial charge in [0.05, 0.1) is 19.3 Å². The Kier molecular flexibility index (Phi) is 6.39. The smallest absolute Gasteiger partial charge is 0.326 e. The summed E-state index contributed by atoms with van der Waals surface area (Å²) in [6, 6.07) is 17.0. The van der Waals surface area contributed by atoms with Crippen molar-refractivity contribution in [2.24, 2.45) is 5.41 Å². The van der Waals surface area contributed by atoms with Crippen LogP contribution in [0.2, 0.25) is 0 Å². The van der Waals surface area contributed by atoms with E-state index in [2.05, 4.69) is 20.8 Å². The average Bonchev–Trinajstić information content (AvgIpc) is 3.11. The maximum Gasteiger partial charge on any atom is 0.326 e. The lowest BCUT2D eigenvalue weighted by Crippen LogP contribution is -2.46. The van der Waals surface area contributed by atoms with E-state index in [1.807, 2.05) is 54.6 Å². The van der Waals surface area contributed by atoms with Gasteiger partial charge in [-0.2, -0.15) is 0 Å². The molecule has 3 rings (SSSR count). The first kappa shape index (κ1) is 20.4. The van der Waals surface area contributed by atoms with Crippen molar-refractivity contribution in [1.29, 1.82) is 0 Å². The molecule has 0 bridgehead atoms. The summed E-state index contributed by atoms with van der Waals surface area (Å²) in [5.41, 5.74) is 0.414. The van der Waals surface area contributed by atoms with Crippen molar-refractivity contribution in [3.63, 3.8) is 0 Å². The predicted octanol–water partition coefficient (Wildman–Crippen LogP) is 4.51. The van der Waals surface area contributed by atoms with Crippen molar-refractivity contribution >= 4 is 33.6 Å². The molecular weight excluding hydrogens is 422 g/mol. The molecule has 1 unspecified atom stereocenters. The number of rotatable bonds is 6. The van der Waals surface area contributed by atoms with E-state index >= 15 is 0 Å². The Morgan fingerprint density at radius 2 is 1.57 bits per heavy atom. The number of anilines is 1. The van der Waals surface area contributed by atoms with Crippen LogP contribution in [0.15, 0.2) is 59.1 Å². The minimum atomic E-state index is -1.40. The van der Waals surface area contributed by atoms with Gasteiger partial charge in [0.1, 0.15) is 0 Å². The molecule has 5 nitrogen and oxygen atoms in total. The SMILES string of the molecule is CCOC(=O)C1(C(=O)OCC)CCN(c2ccc(Br)cc2)C1c1ccccc1. The minimum Gasteiger partial charge on any atom is -0.465 e. The van der Waals surface area contributed by atoms with Gasteiger partial charge in [0.2, 0.25) is 0 Å². The number of ether oxygens (including phenoxy) is 2. The number of esters is 2. The number of carbonyl (C=O) groups excluding carboxylic acids is 2. The zero-order valence-electron chi connectivity index (χ0n) is 16.1. The van der Waals surface area contributed by atoms with E-state index in [-0.39, 0.29) is 13.2 Å². The third-order valence-corrected chi connectivity index (χ3v) is 5.61. The van der Waals surface area contributed by atoms with Gasteiger partial charge in [-0.3, -0.25) is 9.59 Å². The molecule has 0 spiro atoms. The summed E-state index contributed by atoms with van der Waals surface area (Å²) in [7, 11) is 0. The van der Waals surface area contributed by atoms with Crippen LogP contribution in [0.3, 0.4) is 0 Å². The second kappa shape index (κ2) is 8.78. The van der Waals surface area contributed by atoms with Gasteiger partial charge in [-0.05, 0) is 50.1 Å². The zero-order valence-corrected chi connectivity index (χ0v) is 17.6. The molecule has 0 radical (unpaired) electrons. The molecule has 1 atom stereocenters. The maximum absolute atomic E-state index is 13.1. The first-order valence-corrected chi connectivity index (χ1v) is 10.3. The molecule has 1 saturated heterocycles. The fraction of sp³-hybridized carbons (Fsp3) is 0.364. The fourth-order valence-corrected chi connectivity index (χ4v) is 4.13. The lowest BCUT2D eigenvalue weighted by atomic mass is 9.76. The Morgan fingerprint density at radius 3 is 2.11 bits per heavy atom. The summed E-state index contributed by atoms with van der Waals surface area (Å²) in [5, 5.41) is 0. The van der Waals surface area contributed by atoms with Gasteiger partial charge in [0, 0.05) is 16.7 Å². The topological polar surface area (TPSA) is 55.8 Å². The van der Waals surface area contributed by atoms with Crippen LogP contribution in [0.5, 0.6) is 0 Å². The van der Waals surface area contributed by atoms with Gasteiger partial charge in [0.15, 0.2) is 5.41 Å². The highest BCUT2D eigenvalue weighted by Gasteiger charge is 2.61. The number of nitrogens with zero attached hydrogens (tertiary/aromatic N) is 1. The summed E-state index contributed by atoms with van der Waals surface area (Å²) in [5.74, 6) is -1.05. The molecule has 148 valence electrons. The highest BCUT2D eigenvalue weighted by Crippen LogP contribution is 2.50. The molecule has 28 heavy (non-hydrogen) atoms. The number of carbonyl (C=O) groups is 2. The third-order valence-electron chi connectivity index (χ3n) is 5.08. The van der Waals surface area contributed by atoms with Gasteiger partial charge in [-0.15, -0.1) is 0 Å². The Hall–Kier alpha value is -2.34. The van der Waals surface area contributed by atoms with Crippen LogP contribution < -0.4 is 4.90 Å². The lowest BCUT2D eigenvalue weighted by Gasteiger charge is -2.35. The van der Waals surface area contributed by atoms with Crippen molar-refractivity contribution in [2.45, 2.75) is 26.3 Å². The van der Waals surface area contributed by atoms with E-state index in [0.29, 0.717) is 13.0 Å². The van der Waals surface area contributed by atoms with Crippen LogP contribution in [0.1, 0.15) is 31.9 Å². The van der Waals surface area contributed by atoms with E-state index < -0.39 is 23.4 Å². The second-order valence-electron chi connectivity index (χ2n) is 6.65. The summed E-state index contributed by atoms with van der Waals surface area (Å²) in [6.07, 6.45) is 0.334. The number of hydrogen-bond donors (Lipinski definition) is 0. The zero-order chi connectivity index (χ0) is 20.1. The normalized spacial score (nSPS) is 18.0. The quantitative estimate of drug-likeness (QED) is 0.483. The number of benzene rings is 2. The largest absolute Gasteiger partial charge is 0.465 e. The van der Waals surface area contributed by atoms with Crippen LogP contribution in [0, 0.1) is 5.41 Å². The lowest BCUT2D eigenvalue weighted by molar-refractivity contribution is -0.172. The van der Waals surface area contributed by atoms with E-state index in [4.69, 9.17) is 9.47 Å². The molecule has 0 N–H and O–H groups in total. The molecule has 0 aliphatic carbocycles. The van der Waals surface area contributed by atoms with E-state index in [1.165, 1.54) is 0 Å². The summed E-state index contributed by atoms with van der Waals surface area (Å²) >= 11 is 3.46. The fourth-order valence-electron chi connectivity index (χ4n) is 3.87. The standard InChI is InChI=1S/C22H24BrNO4/c1-3-27-20(25)22(21(26)28-4-2)14-15-24(18-12-10-17(23)11-13-18)19(22)16-8-6-5-7-9-16/h5-13,19H,3-4,14-15H2,1-2H3. The van der Waals surface area contributed by atoms with Gasteiger partial charge >= 0.3 is 11.9 Å².